The van der Waals surface area contributed by atoms with Gasteiger partial charge in [-0.05, 0) is 44.0 Å². The van der Waals surface area contributed by atoms with Crippen LogP contribution in [0, 0.1) is 6.92 Å². The van der Waals surface area contributed by atoms with Crippen LogP contribution in [0.2, 0.25) is 0 Å². The Morgan fingerprint density at radius 2 is 1.86 bits per heavy atom. The van der Waals surface area contributed by atoms with Gasteiger partial charge in [-0.3, -0.25) is 14.4 Å². The first-order valence-corrected chi connectivity index (χ1v) is 12.9. The molecule has 1 aliphatic carbocycles. The second-order valence-electron chi connectivity index (χ2n) is 8.85. The predicted molar refractivity (Wildman–Crippen MR) is 140 cm³/mol. The number of aryl methyl sites for hydroxylation is 1. The summed E-state index contributed by atoms with van der Waals surface area (Å²) in [6, 6.07) is 16.2. The lowest BCUT2D eigenvalue weighted by molar-refractivity contribution is -0.129. The highest BCUT2D eigenvalue weighted by atomic mass is 32.2. The Kier molecular flexibility index (Phi) is 8.02. The fraction of sp³-hybridized carbons (Fsp3) is 0.333. The largest absolute Gasteiger partial charge is 0.342 e. The summed E-state index contributed by atoms with van der Waals surface area (Å²) in [6.07, 6.45) is 5.73. The van der Waals surface area contributed by atoms with Crippen molar-refractivity contribution in [1.29, 1.82) is 0 Å². The highest BCUT2D eigenvalue weighted by Crippen LogP contribution is 2.27. The van der Waals surface area contributed by atoms with Crippen molar-refractivity contribution in [2.45, 2.75) is 50.0 Å². The Balaban J connectivity index is 1.44. The van der Waals surface area contributed by atoms with E-state index in [9.17, 15) is 14.4 Å². The minimum atomic E-state index is -0.260. The van der Waals surface area contributed by atoms with Crippen molar-refractivity contribution in [1.82, 2.24) is 14.9 Å². The number of nitrogens with one attached hydrogen (secondary N) is 2. The maximum atomic E-state index is 13.1. The van der Waals surface area contributed by atoms with Gasteiger partial charge in [-0.1, -0.05) is 43.5 Å². The van der Waals surface area contributed by atoms with E-state index in [1.165, 1.54) is 37.1 Å². The van der Waals surface area contributed by atoms with Crippen molar-refractivity contribution >= 4 is 29.3 Å². The van der Waals surface area contributed by atoms with Gasteiger partial charge in [-0.15, -0.1) is 11.8 Å². The van der Waals surface area contributed by atoms with E-state index >= 15 is 0 Å². The summed E-state index contributed by atoms with van der Waals surface area (Å²) in [5.74, 6) is 0.565. The van der Waals surface area contributed by atoms with Crippen LogP contribution in [-0.4, -0.2) is 45.5 Å². The number of aromatic amines is 1. The third kappa shape index (κ3) is 6.39. The highest BCUT2D eigenvalue weighted by molar-refractivity contribution is 8.00. The number of amides is 2. The third-order valence-electron chi connectivity index (χ3n) is 6.26. The van der Waals surface area contributed by atoms with Gasteiger partial charge in [0, 0.05) is 41.0 Å². The first-order chi connectivity index (χ1) is 16.9. The summed E-state index contributed by atoms with van der Waals surface area (Å²) in [5.41, 5.74) is 2.19. The molecule has 2 N–H and O–H groups in total. The molecule has 4 rings (SSSR count). The lowest BCUT2D eigenvalue weighted by Gasteiger charge is -2.31. The smallest absolute Gasteiger partial charge is 0.256 e. The van der Waals surface area contributed by atoms with Crippen molar-refractivity contribution in [2.75, 3.05) is 18.1 Å². The SMILES string of the molecule is Cc1cc(=O)[nH]c(-c2cccc(NC(=O)c3ccccc3SCC(=O)N(C)C3CCCCC3)c2)n1. The first kappa shape index (κ1) is 24.7. The molecule has 1 saturated carbocycles. The molecule has 3 aromatic rings. The summed E-state index contributed by atoms with van der Waals surface area (Å²) in [7, 11) is 1.89. The molecular formula is C27H30N4O3S. The molecule has 35 heavy (non-hydrogen) atoms. The zero-order chi connectivity index (χ0) is 24.8. The van der Waals surface area contributed by atoms with E-state index in [-0.39, 0.29) is 17.4 Å². The molecule has 8 heteroatoms. The molecule has 2 aromatic carbocycles. The van der Waals surface area contributed by atoms with Crippen LogP contribution in [-0.2, 0) is 4.79 Å². The molecule has 0 atom stereocenters. The van der Waals surface area contributed by atoms with Crippen molar-refractivity contribution in [3.63, 3.8) is 0 Å². The lowest BCUT2D eigenvalue weighted by Crippen LogP contribution is -2.39. The van der Waals surface area contributed by atoms with Crippen molar-refractivity contribution in [2.24, 2.45) is 0 Å². The minimum Gasteiger partial charge on any atom is -0.342 e. The van der Waals surface area contributed by atoms with E-state index in [2.05, 4.69) is 15.3 Å². The van der Waals surface area contributed by atoms with Gasteiger partial charge in [0.1, 0.15) is 5.82 Å². The molecule has 7 nitrogen and oxygen atoms in total. The molecule has 0 radical (unpaired) electrons. The third-order valence-corrected chi connectivity index (χ3v) is 7.32. The standard InChI is InChI=1S/C27H30N4O3S/c1-18-15-24(32)30-26(28-18)19-9-8-10-20(16-19)29-27(34)22-13-6-7-14-23(22)35-17-25(33)31(2)21-11-4-3-5-12-21/h6-10,13-16,21H,3-5,11-12,17H2,1-2H3,(H,29,34)(H,28,30,32). The average molecular weight is 491 g/mol. The molecule has 1 heterocycles. The van der Waals surface area contributed by atoms with E-state index < -0.39 is 0 Å². The van der Waals surface area contributed by atoms with Crippen LogP contribution in [0.1, 0.15) is 48.2 Å². The number of carbonyl (C=O) groups is 2. The molecular weight excluding hydrogens is 460 g/mol. The monoisotopic (exact) mass is 490 g/mol. The fourth-order valence-electron chi connectivity index (χ4n) is 4.35. The number of nitrogens with zero attached hydrogens (tertiary/aromatic N) is 2. The van der Waals surface area contributed by atoms with E-state index in [0.717, 1.165) is 17.7 Å². The van der Waals surface area contributed by atoms with Crippen LogP contribution in [0.5, 0.6) is 0 Å². The van der Waals surface area contributed by atoms with Gasteiger partial charge in [0.25, 0.3) is 11.5 Å². The number of hydrogen-bond donors (Lipinski definition) is 2. The summed E-state index contributed by atoms with van der Waals surface area (Å²) in [4.78, 5) is 47.5. The molecule has 1 fully saturated rings. The normalized spacial score (nSPS) is 13.9. The van der Waals surface area contributed by atoms with E-state index in [4.69, 9.17) is 0 Å². The number of benzene rings is 2. The van der Waals surface area contributed by atoms with E-state index in [1.807, 2.05) is 36.2 Å². The second kappa shape index (κ2) is 11.4. The number of H-pyrrole nitrogens is 1. The van der Waals surface area contributed by atoms with Gasteiger partial charge < -0.3 is 15.2 Å². The Labute approximate surface area is 209 Å². The number of hydrogen-bond acceptors (Lipinski definition) is 5. The van der Waals surface area contributed by atoms with Crippen molar-refractivity contribution in [3.8, 4) is 11.4 Å². The molecule has 0 bridgehead atoms. The predicted octanol–water partition coefficient (Wildman–Crippen LogP) is 4.88. The van der Waals surface area contributed by atoms with Crippen LogP contribution < -0.4 is 10.9 Å². The van der Waals surface area contributed by atoms with E-state index in [0.29, 0.717) is 40.1 Å². The average Bonchev–Trinajstić information content (AvgIpc) is 2.87. The Morgan fingerprint density at radius 3 is 2.63 bits per heavy atom. The van der Waals surface area contributed by atoms with Crippen molar-refractivity contribution < 1.29 is 9.59 Å². The van der Waals surface area contributed by atoms with Gasteiger partial charge in [0.15, 0.2) is 0 Å². The highest BCUT2D eigenvalue weighted by Gasteiger charge is 2.22. The van der Waals surface area contributed by atoms with Gasteiger partial charge in [-0.2, -0.15) is 0 Å². The summed E-state index contributed by atoms with van der Waals surface area (Å²) < 4.78 is 0. The van der Waals surface area contributed by atoms with Gasteiger partial charge in [0.05, 0.1) is 11.3 Å². The minimum absolute atomic E-state index is 0.0875. The van der Waals surface area contributed by atoms with Gasteiger partial charge in [0.2, 0.25) is 5.91 Å². The van der Waals surface area contributed by atoms with Crippen LogP contribution in [0.25, 0.3) is 11.4 Å². The summed E-state index contributed by atoms with van der Waals surface area (Å²) in [6.45, 7) is 1.76. The molecule has 0 unspecified atom stereocenters. The molecule has 0 saturated heterocycles. The topological polar surface area (TPSA) is 95.2 Å². The first-order valence-electron chi connectivity index (χ1n) is 11.9. The molecule has 182 valence electrons. The zero-order valence-corrected chi connectivity index (χ0v) is 20.9. The Bertz CT molecular complexity index is 1270. The second-order valence-corrected chi connectivity index (χ2v) is 9.87. The van der Waals surface area contributed by atoms with E-state index in [1.54, 1.807) is 31.2 Å². The number of carbonyl (C=O) groups excluding carboxylic acids is 2. The molecule has 1 aliphatic rings. The molecule has 2 amide bonds. The summed E-state index contributed by atoms with van der Waals surface area (Å²) in [5, 5.41) is 2.93. The molecule has 0 aliphatic heterocycles. The van der Waals surface area contributed by atoms with Crippen molar-refractivity contribution in [3.05, 3.63) is 76.2 Å². The fourth-order valence-corrected chi connectivity index (χ4v) is 5.33. The number of rotatable bonds is 7. The molecule has 1 aromatic heterocycles. The van der Waals surface area contributed by atoms with Crippen LogP contribution in [0.15, 0.2) is 64.3 Å². The van der Waals surface area contributed by atoms with Crippen LogP contribution in [0.4, 0.5) is 5.69 Å². The van der Waals surface area contributed by atoms with Crippen LogP contribution >= 0.6 is 11.8 Å². The van der Waals surface area contributed by atoms with Gasteiger partial charge >= 0.3 is 0 Å². The molecule has 0 spiro atoms. The Morgan fingerprint density at radius 1 is 1.09 bits per heavy atom. The quantitative estimate of drug-likeness (QED) is 0.460. The number of aromatic nitrogens is 2. The maximum Gasteiger partial charge on any atom is 0.256 e. The zero-order valence-electron chi connectivity index (χ0n) is 20.0. The Hall–Kier alpha value is -3.39. The summed E-state index contributed by atoms with van der Waals surface area (Å²) >= 11 is 1.39. The number of anilines is 1. The lowest BCUT2D eigenvalue weighted by atomic mass is 9.94. The number of thioether (sulfide) groups is 1. The maximum absolute atomic E-state index is 13.1. The van der Waals surface area contributed by atoms with Gasteiger partial charge in [-0.25, -0.2) is 4.98 Å². The van der Waals surface area contributed by atoms with Crippen LogP contribution in [0.3, 0.4) is 0 Å².